The number of carbonyl (C=O) groups excluding carboxylic acids is 1. The normalized spacial score (nSPS) is 18.6. The number of halogens is 6. The predicted molar refractivity (Wildman–Crippen MR) is 102 cm³/mol. The lowest BCUT2D eigenvalue weighted by molar-refractivity contribution is -0.0288. The zero-order valence-electron chi connectivity index (χ0n) is 15.1. The molecule has 0 aromatic heterocycles. The molecule has 1 aliphatic heterocycles. The monoisotopic (exact) mass is 435 g/mol. The van der Waals surface area contributed by atoms with Gasteiger partial charge in [-0.25, -0.2) is 26.7 Å². The Hall–Kier alpha value is -2.39. The van der Waals surface area contributed by atoms with Gasteiger partial charge in [-0.2, -0.15) is 0 Å². The summed E-state index contributed by atoms with van der Waals surface area (Å²) in [6.45, 7) is -0.342. The summed E-state index contributed by atoms with van der Waals surface area (Å²) in [4.78, 5) is 13.6. The Kier molecular flexibility index (Phi) is 7.07. The molecule has 0 spiro atoms. The molecule has 3 rings (SSSR count). The number of amides is 2. The van der Waals surface area contributed by atoms with Crippen LogP contribution in [0.15, 0.2) is 36.4 Å². The van der Waals surface area contributed by atoms with Crippen LogP contribution >= 0.6 is 12.4 Å². The van der Waals surface area contributed by atoms with Crippen LogP contribution in [0.5, 0.6) is 0 Å². The molecule has 1 fully saturated rings. The third-order valence-corrected chi connectivity index (χ3v) is 4.73. The number of nitrogens with two attached hydrogens (primary N) is 1. The summed E-state index contributed by atoms with van der Waals surface area (Å²) >= 11 is 0. The molecule has 2 aromatic carbocycles. The summed E-state index contributed by atoms with van der Waals surface area (Å²) in [6.07, 6.45) is -0.764. The zero-order chi connectivity index (χ0) is 20.5. The zero-order valence-corrected chi connectivity index (χ0v) is 15.9. The van der Waals surface area contributed by atoms with Crippen LogP contribution in [0.1, 0.15) is 12.8 Å². The summed E-state index contributed by atoms with van der Waals surface area (Å²) < 4.78 is 70.1. The molecule has 1 unspecified atom stereocenters. The van der Waals surface area contributed by atoms with Gasteiger partial charge in [-0.15, -0.1) is 12.4 Å². The minimum atomic E-state index is -3.12. The number of hydrogen-bond donors (Lipinski definition) is 2. The van der Waals surface area contributed by atoms with Gasteiger partial charge in [0.2, 0.25) is 0 Å². The van der Waals surface area contributed by atoms with E-state index in [1.807, 2.05) is 0 Å². The molecule has 0 bridgehead atoms. The highest BCUT2D eigenvalue weighted by Gasteiger charge is 2.40. The molecule has 2 amide bonds. The van der Waals surface area contributed by atoms with E-state index in [0.717, 1.165) is 29.2 Å². The van der Waals surface area contributed by atoms with Crippen molar-refractivity contribution in [3.8, 4) is 11.1 Å². The van der Waals surface area contributed by atoms with Crippen molar-refractivity contribution in [3.05, 3.63) is 53.8 Å². The number of para-hydroxylation sites is 1. The van der Waals surface area contributed by atoms with E-state index < -0.39 is 53.1 Å². The largest absolute Gasteiger partial charge is 0.324 e. The average Bonchev–Trinajstić information content (AvgIpc) is 2.76. The molecule has 0 aliphatic carbocycles. The lowest BCUT2D eigenvalue weighted by Gasteiger charge is -2.22. The Bertz CT molecular complexity index is 876. The second kappa shape index (κ2) is 8.96. The number of carbonyl (C=O) groups is 1. The maximum absolute atomic E-state index is 14.4. The van der Waals surface area contributed by atoms with Crippen LogP contribution in [0.4, 0.5) is 32.4 Å². The minimum Gasteiger partial charge on any atom is -0.324 e. The topological polar surface area (TPSA) is 58.4 Å². The quantitative estimate of drug-likeness (QED) is 0.667. The Balaban J connectivity index is 0.00000300. The minimum absolute atomic E-state index is 0. The van der Waals surface area contributed by atoms with E-state index in [4.69, 9.17) is 5.73 Å². The molecule has 0 saturated carbocycles. The van der Waals surface area contributed by atoms with E-state index in [9.17, 15) is 26.7 Å². The van der Waals surface area contributed by atoms with Crippen molar-refractivity contribution in [1.29, 1.82) is 0 Å². The van der Waals surface area contributed by atoms with Crippen molar-refractivity contribution in [2.75, 3.05) is 18.4 Å². The van der Waals surface area contributed by atoms with Gasteiger partial charge in [-0.05, 0) is 24.6 Å². The van der Waals surface area contributed by atoms with Crippen molar-refractivity contribution in [1.82, 2.24) is 4.90 Å². The molecule has 29 heavy (non-hydrogen) atoms. The van der Waals surface area contributed by atoms with Crippen LogP contribution in [0, 0.1) is 17.5 Å². The van der Waals surface area contributed by atoms with E-state index in [0.29, 0.717) is 0 Å². The Morgan fingerprint density at radius 3 is 2.28 bits per heavy atom. The molecule has 4 nitrogen and oxygen atoms in total. The highest BCUT2D eigenvalue weighted by atomic mass is 35.5. The van der Waals surface area contributed by atoms with Crippen molar-refractivity contribution in [2.24, 2.45) is 5.73 Å². The number of anilines is 1. The van der Waals surface area contributed by atoms with Gasteiger partial charge in [0.25, 0.3) is 5.92 Å². The standard InChI is InChI=1S/C19H18F5N3O.ClH/c20-12-4-2-5-13(21)16(12)11-3-1-6-14(22)17(11)26-18(28)27-9-7-15(25)19(23,24)8-10-27;/h1-6,15H,7-10,25H2,(H,26,28);1H. The molecule has 1 saturated heterocycles. The van der Waals surface area contributed by atoms with Crippen LogP contribution in [-0.2, 0) is 0 Å². The highest BCUT2D eigenvalue weighted by molar-refractivity contribution is 5.95. The molecule has 3 N–H and O–H groups in total. The third-order valence-electron chi connectivity index (χ3n) is 4.73. The van der Waals surface area contributed by atoms with E-state index >= 15 is 0 Å². The first-order valence-corrected chi connectivity index (χ1v) is 8.63. The SMILES string of the molecule is Cl.NC1CCN(C(=O)Nc2c(F)cccc2-c2c(F)cccc2F)CCC1(F)F. The lowest BCUT2D eigenvalue weighted by Crippen LogP contribution is -2.40. The highest BCUT2D eigenvalue weighted by Crippen LogP contribution is 2.34. The fourth-order valence-electron chi connectivity index (χ4n) is 3.09. The first-order valence-electron chi connectivity index (χ1n) is 8.63. The summed E-state index contributed by atoms with van der Waals surface area (Å²) in [6, 6.07) is 4.46. The smallest absolute Gasteiger partial charge is 0.321 e. The fraction of sp³-hybridized carbons (Fsp3) is 0.316. The molecule has 1 heterocycles. The van der Waals surface area contributed by atoms with Gasteiger partial charge in [0.05, 0.1) is 17.3 Å². The van der Waals surface area contributed by atoms with Crippen molar-refractivity contribution >= 4 is 24.1 Å². The average molecular weight is 436 g/mol. The summed E-state index contributed by atoms with van der Waals surface area (Å²) in [5, 5.41) is 2.26. The van der Waals surface area contributed by atoms with Gasteiger partial charge in [-0.1, -0.05) is 18.2 Å². The van der Waals surface area contributed by atoms with Crippen molar-refractivity contribution in [3.63, 3.8) is 0 Å². The molecule has 158 valence electrons. The molecule has 1 atom stereocenters. The molecule has 2 aromatic rings. The number of alkyl halides is 2. The van der Waals surface area contributed by atoms with Gasteiger partial charge < -0.3 is 16.0 Å². The molecule has 10 heteroatoms. The van der Waals surface area contributed by atoms with Crippen LogP contribution in [0.25, 0.3) is 11.1 Å². The van der Waals surface area contributed by atoms with Crippen LogP contribution < -0.4 is 11.1 Å². The summed E-state index contributed by atoms with van der Waals surface area (Å²) in [7, 11) is 0. The van der Waals surface area contributed by atoms with Gasteiger partial charge in [0.1, 0.15) is 17.5 Å². The van der Waals surface area contributed by atoms with Crippen LogP contribution in [0.2, 0.25) is 0 Å². The van der Waals surface area contributed by atoms with Crippen LogP contribution in [-0.4, -0.2) is 36.0 Å². The first kappa shape index (κ1) is 22.9. The molecule has 0 radical (unpaired) electrons. The predicted octanol–water partition coefficient (Wildman–Crippen LogP) is 4.78. The number of likely N-dealkylation sites (tertiary alicyclic amines) is 1. The number of nitrogens with one attached hydrogen (secondary N) is 1. The van der Waals surface area contributed by atoms with Gasteiger partial charge >= 0.3 is 6.03 Å². The number of hydrogen-bond acceptors (Lipinski definition) is 2. The maximum atomic E-state index is 14.4. The first-order chi connectivity index (χ1) is 13.2. The van der Waals surface area contributed by atoms with E-state index in [-0.39, 0.29) is 37.5 Å². The Morgan fingerprint density at radius 1 is 1.03 bits per heavy atom. The molecular weight excluding hydrogens is 417 g/mol. The van der Waals surface area contributed by atoms with Gasteiger partial charge in [-0.3, -0.25) is 0 Å². The van der Waals surface area contributed by atoms with Crippen molar-refractivity contribution in [2.45, 2.75) is 24.8 Å². The summed E-state index contributed by atoms with van der Waals surface area (Å²) in [5.41, 5.74) is 4.31. The lowest BCUT2D eigenvalue weighted by atomic mass is 10.0. The number of nitrogens with zero attached hydrogens (tertiary/aromatic N) is 1. The van der Waals surface area contributed by atoms with E-state index in [1.165, 1.54) is 12.1 Å². The number of rotatable bonds is 2. The van der Waals surface area contributed by atoms with Gasteiger partial charge in [0, 0.05) is 25.1 Å². The van der Waals surface area contributed by atoms with Gasteiger partial charge in [0.15, 0.2) is 0 Å². The van der Waals surface area contributed by atoms with E-state index in [2.05, 4.69) is 5.32 Å². The Morgan fingerprint density at radius 2 is 1.62 bits per heavy atom. The second-order valence-corrected chi connectivity index (χ2v) is 6.58. The molecular formula is C19H19ClF5N3O. The maximum Gasteiger partial charge on any atom is 0.321 e. The fourth-order valence-corrected chi connectivity index (χ4v) is 3.09. The van der Waals surface area contributed by atoms with Crippen LogP contribution in [0.3, 0.4) is 0 Å². The second-order valence-electron chi connectivity index (χ2n) is 6.58. The van der Waals surface area contributed by atoms with E-state index in [1.54, 1.807) is 0 Å². The number of urea groups is 1. The number of benzene rings is 2. The Labute approximate surface area is 170 Å². The third kappa shape index (κ3) is 4.79. The molecule has 1 aliphatic rings. The summed E-state index contributed by atoms with van der Waals surface area (Å²) in [5.74, 6) is -5.89. The van der Waals surface area contributed by atoms with Crippen molar-refractivity contribution < 1.29 is 26.7 Å².